The van der Waals surface area contributed by atoms with E-state index in [1.54, 1.807) is 28.8 Å². The van der Waals surface area contributed by atoms with Gasteiger partial charge in [-0.1, -0.05) is 36.4 Å². The predicted molar refractivity (Wildman–Crippen MR) is 116 cm³/mol. The number of carbonyl (C=O) groups excluding carboxylic acids is 1. The molecule has 6 nitrogen and oxygen atoms in total. The molecule has 0 spiro atoms. The molecule has 0 radical (unpaired) electrons. The molecule has 0 aliphatic rings. The summed E-state index contributed by atoms with van der Waals surface area (Å²) in [6, 6.07) is 18.4. The van der Waals surface area contributed by atoms with Gasteiger partial charge in [-0.2, -0.15) is 0 Å². The molecule has 0 unspecified atom stereocenters. The maximum atomic E-state index is 13.2. The lowest BCUT2D eigenvalue weighted by atomic mass is 9.98. The zero-order valence-electron chi connectivity index (χ0n) is 15.6. The van der Waals surface area contributed by atoms with Gasteiger partial charge in [-0.15, -0.1) is 0 Å². The number of carbonyl (C=O) groups is 2. The lowest BCUT2D eigenvalue weighted by molar-refractivity contribution is 0.0692. The van der Waals surface area contributed by atoms with Gasteiger partial charge in [0, 0.05) is 17.1 Å². The van der Waals surface area contributed by atoms with Crippen LogP contribution in [0, 0.1) is 0 Å². The highest BCUT2D eigenvalue weighted by molar-refractivity contribution is 9.10. The molecule has 0 fully saturated rings. The molecular weight excluding hydrogens is 448 g/mol. The van der Waals surface area contributed by atoms with Crippen LogP contribution in [-0.4, -0.2) is 26.4 Å². The first kappa shape index (κ1) is 19.7. The summed E-state index contributed by atoms with van der Waals surface area (Å²) in [5.41, 5.74) is 0.710. The number of fused-ring (bicyclic) bond motifs is 1. The summed E-state index contributed by atoms with van der Waals surface area (Å²) in [6.07, 6.45) is 1.48. The van der Waals surface area contributed by atoms with E-state index in [4.69, 9.17) is 0 Å². The van der Waals surface area contributed by atoms with Crippen LogP contribution in [0.25, 0.3) is 10.9 Å². The maximum absolute atomic E-state index is 13.2. The summed E-state index contributed by atoms with van der Waals surface area (Å²) < 4.78 is 2.46. The SMILES string of the molecule is O=C(O)c1ccccc1C(=O)c1cn(Cc2cccc(Br)n2)c2ccccc2c1=O. The molecule has 1 N–H and O–H groups in total. The van der Waals surface area contributed by atoms with Crippen molar-refractivity contribution < 1.29 is 14.7 Å². The molecule has 0 amide bonds. The van der Waals surface area contributed by atoms with E-state index in [1.165, 1.54) is 24.4 Å². The lowest BCUT2D eigenvalue weighted by Crippen LogP contribution is -2.21. The Kier molecular flexibility index (Phi) is 5.29. The van der Waals surface area contributed by atoms with Crippen LogP contribution in [0.1, 0.15) is 32.0 Å². The number of hydrogen-bond donors (Lipinski definition) is 1. The Hall–Kier alpha value is -3.58. The third kappa shape index (κ3) is 3.67. The molecule has 2 aromatic carbocycles. The highest BCUT2D eigenvalue weighted by Crippen LogP contribution is 2.18. The van der Waals surface area contributed by atoms with E-state index >= 15 is 0 Å². The first-order valence-corrected chi connectivity index (χ1v) is 9.85. The summed E-state index contributed by atoms with van der Waals surface area (Å²) >= 11 is 3.35. The van der Waals surface area contributed by atoms with E-state index < -0.39 is 17.2 Å². The number of pyridine rings is 2. The van der Waals surface area contributed by atoms with E-state index in [0.717, 1.165) is 5.69 Å². The monoisotopic (exact) mass is 462 g/mol. The average Bonchev–Trinajstić information content (AvgIpc) is 2.75. The van der Waals surface area contributed by atoms with Crippen LogP contribution in [0.3, 0.4) is 0 Å². The van der Waals surface area contributed by atoms with Crippen LogP contribution in [0.5, 0.6) is 0 Å². The molecule has 0 bridgehead atoms. The number of hydrogen-bond acceptors (Lipinski definition) is 4. The van der Waals surface area contributed by atoms with Gasteiger partial charge >= 0.3 is 5.97 Å². The summed E-state index contributed by atoms with van der Waals surface area (Å²) in [7, 11) is 0. The van der Waals surface area contributed by atoms with E-state index in [2.05, 4.69) is 20.9 Å². The van der Waals surface area contributed by atoms with Crippen LogP contribution < -0.4 is 5.43 Å². The maximum Gasteiger partial charge on any atom is 0.336 e. The third-order valence-electron chi connectivity index (χ3n) is 4.74. The van der Waals surface area contributed by atoms with Crippen molar-refractivity contribution >= 4 is 38.6 Å². The molecule has 4 rings (SSSR count). The molecular formula is C23H15BrN2O4. The van der Waals surface area contributed by atoms with Crippen LogP contribution in [-0.2, 0) is 6.54 Å². The van der Waals surface area contributed by atoms with E-state index in [0.29, 0.717) is 22.1 Å². The van der Waals surface area contributed by atoms with Gasteiger partial charge in [-0.05, 0) is 46.3 Å². The second kappa shape index (κ2) is 8.04. The first-order valence-electron chi connectivity index (χ1n) is 9.06. The molecule has 2 heterocycles. The fourth-order valence-electron chi connectivity index (χ4n) is 3.36. The minimum Gasteiger partial charge on any atom is -0.478 e. The van der Waals surface area contributed by atoms with Gasteiger partial charge in [0.05, 0.1) is 28.9 Å². The topological polar surface area (TPSA) is 89.3 Å². The van der Waals surface area contributed by atoms with Crippen molar-refractivity contribution in [2.24, 2.45) is 0 Å². The number of nitrogens with zero attached hydrogens (tertiary/aromatic N) is 2. The molecule has 2 aromatic heterocycles. The molecule has 148 valence electrons. The van der Waals surface area contributed by atoms with Gasteiger partial charge in [0.1, 0.15) is 4.60 Å². The molecule has 0 saturated carbocycles. The number of para-hydroxylation sites is 1. The summed E-state index contributed by atoms with van der Waals surface area (Å²) in [6.45, 7) is 0.334. The zero-order valence-corrected chi connectivity index (χ0v) is 17.2. The van der Waals surface area contributed by atoms with E-state index in [1.807, 2.05) is 24.3 Å². The van der Waals surface area contributed by atoms with Gasteiger partial charge in [0.15, 0.2) is 5.78 Å². The molecule has 4 aromatic rings. The number of carboxylic acid groups (broad SMARTS) is 1. The van der Waals surface area contributed by atoms with Crippen LogP contribution >= 0.6 is 15.9 Å². The van der Waals surface area contributed by atoms with E-state index in [-0.39, 0.29) is 16.7 Å². The van der Waals surface area contributed by atoms with Gasteiger partial charge in [0.2, 0.25) is 5.43 Å². The summed E-state index contributed by atoms with van der Waals surface area (Å²) in [5, 5.41) is 9.81. The Morgan fingerprint density at radius 3 is 2.33 bits per heavy atom. The molecule has 0 aliphatic heterocycles. The first-order chi connectivity index (χ1) is 14.5. The van der Waals surface area contributed by atoms with Crippen molar-refractivity contribution in [3.05, 3.63) is 110 Å². The van der Waals surface area contributed by atoms with Crippen molar-refractivity contribution in [3.8, 4) is 0 Å². The second-order valence-electron chi connectivity index (χ2n) is 6.65. The fourth-order valence-corrected chi connectivity index (χ4v) is 3.74. The third-order valence-corrected chi connectivity index (χ3v) is 5.18. The number of aromatic carboxylic acids is 1. The minimum absolute atomic E-state index is 0.0236. The number of aromatic nitrogens is 2. The molecule has 0 atom stereocenters. The van der Waals surface area contributed by atoms with Gasteiger partial charge in [0.25, 0.3) is 0 Å². The standard InChI is InChI=1S/C23H15BrN2O4/c24-20-11-5-6-14(25-20)12-26-13-18(22(28)17-9-3-4-10-19(17)26)21(27)15-7-1-2-8-16(15)23(29)30/h1-11,13H,12H2,(H,29,30). The van der Waals surface area contributed by atoms with Crippen molar-refractivity contribution in [1.82, 2.24) is 9.55 Å². The predicted octanol–water partition coefficient (Wildman–Crippen LogP) is 4.14. The van der Waals surface area contributed by atoms with Gasteiger partial charge in [-0.3, -0.25) is 9.59 Å². The smallest absolute Gasteiger partial charge is 0.336 e. The zero-order chi connectivity index (χ0) is 21.3. The quantitative estimate of drug-likeness (QED) is 0.355. The number of halogens is 1. The average molecular weight is 463 g/mol. The summed E-state index contributed by atoms with van der Waals surface area (Å²) in [4.78, 5) is 42.2. The Balaban J connectivity index is 1.91. The summed E-state index contributed by atoms with van der Waals surface area (Å²) in [5.74, 6) is -1.85. The molecule has 30 heavy (non-hydrogen) atoms. The second-order valence-corrected chi connectivity index (χ2v) is 7.46. The largest absolute Gasteiger partial charge is 0.478 e. The minimum atomic E-state index is -1.22. The van der Waals surface area contributed by atoms with Crippen molar-refractivity contribution in [3.63, 3.8) is 0 Å². The van der Waals surface area contributed by atoms with Crippen molar-refractivity contribution in [1.29, 1.82) is 0 Å². The number of benzene rings is 2. The molecule has 0 aliphatic carbocycles. The molecule has 7 heteroatoms. The molecule has 0 saturated heterocycles. The highest BCUT2D eigenvalue weighted by atomic mass is 79.9. The number of rotatable bonds is 5. The fraction of sp³-hybridized carbons (Fsp3) is 0.0435. The Bertz CT molecular complexity index is 1360. The van der Waals surface area contributed by atoms with Gasteiger partial charge < -0.3 is 9.67 Å². The van der Waals surface area contributed by atoms with E-state index in [9.17, 15) is 19.5 Å². The highest BCUT2D eigenvalue weighted by Gasteiger charge is 2.21. The van der Waals surface area contributed by atoms with Crippen LogP contribution in [0.4, 0.5) is 0 Å². The Labute approximate surface area is 179 Å². The lowest BCUT2D eigenvalue weighted by Gasteiger charge is -2.13. The number of carboxylic acids is 1. The van der Waals surface area contributed by atoms with Gasteiger partial charge in [-0.25, -0.2) is 9.78 Å². The van der Waals surface area contributed by atoms with Crippen LogP contribution in [0.2, 0.25) is 0 Å². The Morgan fingerprint density at radius 2 is 1.60 bits per heavy atom. The van der Waals surface area contributed by atoms with Crippen LogP contribution in [0.15, 0.2) is 82.3 Å². The van der Waals surface area contributed by atoms with Crippen molar-refractivity contribution in [2.75, 3.05) is 0 Å². The number of ketones is 1. The Morgan fingerprint density at radius 1 is 0.900 bits per heavy atom. The normalized spacial score (nSPS) is 10.8. The van der Waals surface area contributed by atoms with Crippen molar-refractivity contribution in [2.45, 2.75) is 6.54 Å².